The summed E-state index contributed by atoms with van der Waals surface area (Å²) in [6.45, 7) is 1.83. The van der Waals surface area contributed by atoms with Gasteiger partial charge in [0.1, 0.15) is 23.0 Å². The highest BCUT2D eigenvalue weighted by Gasteiger charge is 2.20. The first-order chi connectivity index (χ1) is 16.4. The molecule has 0 aliphatic carbocycles. The Morgan fingerprint density at radius 3 is 2.29 bits per heavy atom. The van der Waals surface area contributed by atoms with E-state index in [1.165, 1.54) is 41.1 Å². The molecule has 0 spiro atoms. The predicted molar refractivity (Wildman–Crippen MR) is 119 cm³/mol. The van der Waals surface area contributed by atoms with Crippen LogP contribution in [0.2, 0.25) is 0 Å². The van der Waals surface area contributed by atoms with E-state index in [-0.39, 0.29) is 18.0 Å². The van der Waals surface area contributed by atoms with Crippen LogP contribution in [0, 0.1) is 17.5 Å². The average molecular weight is 465 g/mol. The summed E-state index contributed by atoms with van der Waals surface area (Å²) in [5.41, 5.74) is 1.05. The zero-order valence-corrected chi connectivity index (χ0v) is 17.9. The molecular formula is C25H18F3N3O3. The number of hydrogen-bond donors (Lipinski definition) is 1. The smallest absolute Gasteiger partial charge is 0.358 e. The summed E-state index contributed by atoms with van der Waals surface area (Å²) in [6, 6.07) is 16.6. The van der Waals surface area contributed by atoms with Gasteiger partial charge < -0.3 is 10.1 Å². The lowest BCUT2D eigenvalue weighted by atomic mass is 10.1. The number of rotatable bonds is 6. The number of hydrogen-bond acceptors (Lipinski definition) is 4. The number of benzene rings is 3. The largest absolute Gasteiger partial charge is 0.461 e. The van der Waals surface area contributed by atoms with Gasteiger partial charge in [-0.05, 0) is 61.5 Å². The number of esters is 1. The van der Waals surface area contributed by atoms with Crippen LogP contribution in [0.15, 0.2) is 72.8 Å². The van der Waals surface area contributed by atoms with Crippen LogP contribution in [0.5, 0.6) is 0 Å². The molecule has 0 radical (unpaired) electrons. The van der Waals surface area contributed by atoms with Gasteiger partial charge in [-0.25, -0.2) is 22.6 Å². The number of amides is 1. The topological polar surface area (TPSA) is 73.2 Å². The van der Waals surface area contributed by atoms with Gasteiger partial charge in [0, 0.05) is 11.3 Å². The number of carbonyl (C=O) groups excluding carboxylic acids is 2. The molecule has 1 heterocycles. The molecule has 0 atom stereocenters. The molecule has 4 rings (SSSR count). The summed E-state index contributed by atoms with van der Waals surface area (Å²) in [7, 11) is 0. The molecule has 1 N–H and O–H groups in total. The van der Waals surface area contributed by atoms with Crippen LogP contribution in [0.3, 0.4) is 0 Å². The molecule has 3 aromatic carbocycles. The van der Waals surface area contributed by atoms with Gasteiger partial charge in [0.05, 0.1) is 18.0 Å². The molecule has 4 aromatic rings. The average Bonchev–Trinajstić information content (AvgIpc) is 3.25. The van der Waals surface area contributed by atoms with Gasteiger partial charge in [-0.2, -0.15) is 5.10 Å². The molecule has 0 saturated carbocycles. The lowest BCUT2D eigenvalue weighted by Crippen LogP contribution is -2.15. The lowest BCUT2D eigenvalue weighted by molar-refractivity contribution is 0.0518. The fraction of sp³-hybridized carbons (Fsp3) is 0.0800. The van der Waals surface area contributed by atoms with Gasteiger partial charge in [-0.15, -0.1) is 0 Å². The fourth-order valence-corrected chi connectivity index (χ4v) is 3.34. The fourth-order valence-electron chi connectivity index (χ4n) is 3.34. The van der Waals surface area contributed by atoms with Crippen molar-refractivity contribution < 1.29 is 27.5 Å². The van der Waals surface area contributed by atoms with Crippen LogP contribution in [0.25, 0.3) is 16.9 Å². The maximum atomic E-state index is 14.0. The van der Waals surface area contributed by atoms with E-state index in [2.05, 4.69) is 10.4 Å². The minimum Gasteiger partial charge on any atom is -0.461 e. The molecule has 1 amide bonds. The zero-order chi connectivity index (χ0) is 24.2. The number of carbonyl (C=O) groups is 2. The zero-order valence-electron chi connectivity index (χ0n) is 17.9. The van der Waals surface area contributed by atoms with Gasteiger partial charge in [-0.3, -0.25) is 4.79 Å². The highest BCUT2D eigenvalue weighted by atomic mass is 19.1. The molecule has 34 heavy (non-hydrogen) atoms. The van der Waals surface area contributed by atoms with Crippen LogP contribution in [0.4, 0.5) is 18.9 Å². The van der Waals surface area contributed by atoms with Crippen molar-refractivity contribution in [1.82, 2.24) is 9.78 Å². The quantitative estimate of drug-likeness (QED) is 0.388. The minimum absolute atomic E-state index is 0.0315. The van der Waals surface area contributed by atoms with Crippen molar-refractivity contribution >= 4 is 17.6 Å². The van der Waals surface area contributed by atoms with E-state index in [4.69, 9.17) is 4.74 Å². The van der Waals surface area contributed by atoms with E-state index >= 15 is 0 Å². The Balaban J connectivity index is 1.73. The number of aromatic nitrogens is 2. The Hall–Kier alpha value is -4.40. The van der Waals surface area contributed by atoms with E-state index in [1.807, 2.05) is 0 Å². The van der Waals surface area contributed by atoms with Gasteiger partial charge in [0.2, 0.25) is 0 Å². The third kappa shape index (κ3) is 4.68. The standard InChI is InChI=1S/C25H18F3N3O3/c1-2-34-25(33)21-14-22(31(30-21)18-11-9-16(26)10-12-18)15-5-3-6-17(13-15)29-24(32)23-19(27)7-4-8-20(23)28/h3-14H,2H2,1H3,(H,29,32). The molecule has 172 valence electrons. The summed E-state index contributed by atoms with van der Waals surface area (Å²) in [5.74, 6) is -3.99. The maximum absolute atomic E-state index is 14.0. The maximum Gasteiger partial charge on any atom is 0.358 e. The normalized spacial score (nSPS) is 10.7. The summed E-state index contributed by atoms with van der Waals surface area (Å²) >= 11 is 0. The Kier molecular flexibility index (Phi) is 6.44. The molecule has 0 saturated heterocycles. The Labute approximate surface area is 192 Å². The SMILES string of the molecule is CCOC(=O)c1cc(-c2cccc(NC(=O)c3c(F)cccc3F)c2)n(-c2ccc(F)cc2)n1. The van der Waals surface area contributed by atoms with Crippen molar-refractivity contribution in [3.63, 3.8) is 0 Å². The highest BCUT2D eigenvalue weighted by Crippen LogP contribution is 2.27. The van der Waals surface area contributed by atoms with Crippen molar-refractivity contribution in [2.45, 2.75) is 6.92 Å². The first-order valence-electron chi connectivity index (χ1n) is 10.3. The van der Waals surface area contributed by atoms with E-state index < -0.39 is 34.9 Å². The molecule has 0 unspecified atom stereocenters. The van der Waals surface area contributed by atoms with Gasteiger partial charge >= 0.3 is 5.97 Å². The third-order valence-corrected chi connectivity index (χ3v) is 4.87. The van der Waals surface area contributed by atoms with Crippen molar-refractivity contribution in [1.29, 1.82) is 0 Å². The van der Waals surface area contributed by atoms with Gasteiger partial charge in [0.25, 0.3) is 5.91 Å². The van der Waals surface area contributed by atoms with E-state index in [1.54, 1.807) is 31.2 Å². The van der Waals surface area contributed by atoms with Crippen LogP contribution in [0.1, 0.15) is 27.8 Å². The number of halogens is 3. The van der Waals surface area contributed by atoms with E-state index in [0.29, 0.717) is 16.9 Å². The van der Waals surface area contributed by atoms with E-state index in [9.17, 15) is 22.8 Å². The first kappa shape index (κ1) is 22.8. The van der Waals surface area contributed by atoms with Crippen molar-refractivity contribution in [2.24, 2.45) is 0 Å². The third-order valence-electron chi connectivity index (χ3n) is 4.87. The van der Waals surface area contributed by atoms with Crippen molar-refractivity contribution in [2.75, 3.05) is 11.9 Å². The van der Waals surface area contributed by atoms with Crippen LogP contribution < -0.4 is 5.32 Å². The molecule has 6 nitrogen and oxygen atoms in total. The number of ether oxygens (including phenoxy) is 1. The highest BCUT2D eigenvalue weighted by molar-refractivity contribution is 6.05. The molecule has 0 fully saturated rings. The number of anilines is 1. The van der Waals surface area contributed by atoms with Crippen molar-refractivity contribution in [3.8, 4) is 16.9 Å². The van der Waals surface area contributed by atoms with Crippen LogP contribution in [-0.2, 0) is 4.74 Å². The van der Waals surface area contributed by atoms with E-state index in [0.717, 1.165) is 12.1 Å². The first-order valence-corrected chi connectivity index (χ1v) is 10.3. The summed E-state index contributed by atoms with van der Waals surface area (Å²) in [6.07, 6.45) is 0. The molecule has 1 aromatic heterocycles. The lowest BCUT2D eigenvalue weighted by Gasteiger charge is -2.11. The summed E-state index contributed by atoms with van der Waals surface area (Å²) < 4.78 is 47.8. The monoisotopic (exact) mass is 465 g/mol. The number of nitrogens with zero attached hydrogens (tertiary/aromatic N) is 2. The Morgan fingerprint density at radius 1 is 0.941 bits per heavy atom. The number of nitrogens with one attached hydrogen (secondary N) is 1. The Morgan fingerprint density at radius 2 is 1.62 bits per heavy atom. The minimum atomic E-state index is -0.984. The molecule has 0 aliphatic heterocycles. The van der Waals surface area contributed by atoms with Gasteiger partial charge in [-0.1, -0.05) is 18.2 Å². The molecule has 0 aliphatic rings. The van der Waals surface area contributed by atoms with Crippen molar-refractivity contribution in [3.05, 3.63) is 102 Å². The predicted octanol–water partition coefficient (Wildman–Crippen LogP) is 5.39. The van der Waals surface area contributed by atoms with Gasteiger partial charge in [0.15, 0.2) is 5.69 Å². The Bertz CT molecular complexity index is 1350. The summed E-state index contributed by atoms with van der Waals surface area (Å²) in [4.78, 5) is 24.8. The molecular weight excluding hydrogens is 447 g/mol. The second kappa shape index (κ2) is 9.62. The second-order valence-corrected chi connectivity index (χ2v) is 7.16. The molecule has 9 heteroatoms. The second-order valence-electron chi connectivity index (χ2n) is 7.16. The summed E-state index contributed by atoms with van der Waals surface area (Å²) in [5, 5.41) is 6.78. The van der Waals surface area contributed by atoms with Crippen LogP contribution >= 0.6 is 0 Å². The van der Waals surface area contributed by atoms with Crippen LogP contribution in [-0.4, -0.2) is 28.3 Å². The molecule has 0 bridgehead atoms.